The van der Waals surface area contributed by atoms with Gasteiger partial charge in [-0.05, 0) is 54.8 Å². The third-order valence-electron chi connectivity index (χ3n) is 4.47. The first-order chi connectivity index (χ1) is 11.7. The maximum Gasteiger partial charge on any atom is 0.161 e. The van der Waals surface area contributed by atoms with Gasteiger partial charge in [-0.1, -0.05) is 12.1 Å². The lowest BCUT2D eigenvalue weighted by molar-refractivity contribution is 0.116. The molecular weight excluding hydrogens is 322 g/mol. The topological polar surface area (TPSA) is 50.7 Å². The Morgan fingerprint density at radius 3 is 2.71 bits per heavy atom. The van der Waals surface area contributed by atoms with Gasteiger partial charge in [-0.3, -0.25) is 0 Å². The average Bonchev–Trinajstić information content (AvgIpc) is 3.13. The zero-order valence-electron chi connectivity index (χ0n) is 14.0. The van der Waals surface area contributed by atoms with Gasteiger partial charge in [0, 0.05) is 17.5 Å². The van der Waals surface area contributed by atoms with E-state index < -0.39 is 0 Å². The van der Waals surface area contributed by atoms with E-state index in [0.29, 0.717) is 12.6 Å². The molecule has 1 fully saturated rings. The molecule has 24 heavy (non-hydrogen) atoms. The summed E-state index contributed by atoms with van der Waals surface area (Å²) < 4.78 is 11.4. The van der Waals surface area contributed by atoms with Crippen molar-refractivity contribution in [3.63, 3.8) is 0 Å². The minimum absolute atomic E-state index is 0.108. The first-order valence-electron chi connectivity index (χ1n) is 8.48. The van der Waals surface area contributed by atoms with Gasteiger partial charge in [0.05, 0.1) is 13.2 Å². The molecule has 2 N–H and O–H groups in total. The van der Waals surface area contributed by atoms with Crippen LogP contribution in [0.25, 0.3) is 0 Å². The summed E-state index contributed by atoms with van der Waals surface area (Å²) in [6.45, 7) is 1.37. The molecule has 1 aromatic carbocycles. The van der Waals surface area contributed by atoms with Crippen molar-refractivity contribution in [3.8, 4) is 11.5 Å². The molecule has 0 saturated heterocycles. The molecule has 1 heterocycles. The fraction of sp³-hybridized carbons (Fsp3) is 0.474. The van der Waals surface area contributed by atoms with Crippen LogP contribution in [0.2, 0.25) is 0 Å². The van der Waals surface area contributed by atoms with Crippen LogP contribution in [0.1, 0.15) is 36.1 Å². The molecule has 1 saturated carbocycles. The zero-order valence-corrected chi connectivity index (χ0v) is 14.8. The lowest BCUT2D eigenvalue weighted by atomic mass is 9.93. The summed E-state index contributed by atoms with van der Waals surface area (Å²) >= 11 is 1.69. The van der Waals surface area contributed by atoms with E-state index >= 15 is 0 Å². The zero-order chi connectivity index (χ0) is 16.8. The molecule has 0 spiro atoms. The number of nitrogens with one attached hydrogen (secondary N) is 1. The van der Waals surface area contributed by atoms with Crippen LogP contribution < -0.4 is 14.8 Å². The van der Waals surface area contributed by atoms with Crippen molar-refractivity contribution in [1.29, 1.82) is 0 Å². The molecule has 1 aromatic heterocycles. The van der Waals surface area contributed by atoms with Crippen LogP contribution in [0, 0.1) is 0 Å². The second kappa shape index (κ2) is 8.51. The van der Waals surface area contributed by atoms with E-state index in [2.05, 4.69) is 22.8 Å². The first-order valence-corrected chi connectivity index (χ1v) is 9.36. The van der Waals surface area contributed by atoms with E-state index in [1.165, 1.54) is 10.4 Å². The van der Waals surface area contributed by atoms with Gasteiger partial charge in [-0.25, -0.2) is 0 Å². The van der Waals surface area contributed by atoms with Gasteiger partial charge in [-0.15, -0.1) is 11.3 Å². The lowest BCUT2D eigenvalue weighted by Crippen LogP contribution is -2.34. The number of benzene rings is 1. The fourth-order valence-corrected chi connectivity index (χ4v) is 3.64. The molecule has 1 aliphatic carbocycles. The summed E-state index contributed by atoms with van der Waals surface area (Å²) in [5.41, 5.74) is 1.18. The molecule has 5 heteroatoms. The highest BCUT2D eigenvalue weighted by atomic mass is 32.1. The normalized spacial score (nSPS) is 20.8. The summed E-state index contributed by atoms with van der Waals surface area (Å²) in [5.74, 6) is 1.54. The minimum atomic E-state index is -0.108. The average molecular weight is 347 g/mol. The quantitative estimate of drug-likeness (QED) is 0.801. The molecule has 0 amide bonds. The molecule has 0 atom stereocenters. The number of thiophene rings is 1. The Morgan fingerprint density at radius 2 is 2.00 bits per heavy atom. The van der Waals surface area contributed by atoms with Gasteiger partial charge in [0.25, 0.3) is 0 Å². The highest BCUT2D eigenvalue weighted by Crippen LogP contribution is 2.29. The molecular formula is C19H25NO3S. The van der Waals surface area contributed by atoms with Crippen molar-refractivity contribution in [2.75, 3.05) is 7.11 Å². The highest BCUT2D eigenvalue weighted by Gasteiger charge is 2.18. The maximum absolute atomic E-state index is 9.57. The van der Waals surface area contributed by atoms with Crippen LogP contribution in [0.3, 0.4) is 0 Å². The third kappa shape index (κ3) is 4.72. The fourth-order valence-electron chi connectivity index (χ4n) is 3.03. The molecule has 0 aliphatic heterocycles. The molecule has 130 valence electrons. The van der Waals surface area contributed by atoms with E-state index in [0.717, 1.165) is 43.7 Å². The molecule has 4 nitrogen and oxygen atoms in total. The maximum atomic E-state index is 9.57. The van der Waals surface area contributed by atoms with Crippen LogP contribution >= 0.6 is 11.3 Å². The molecule has 1 aliphatic rings. The number of methoxy groups -OCH3 is 1. The smallest absolute Gasteiger partial charge is 0.161 e. The van der Waals surface area contributed by atoms with Crippen molar-refractivity contribution in [2.24, 2.45) is 0 Å². The van der Waals surface area contributed by atoms with E-state index in [-0.39, 0.29) is 6.10 Å². The van der Waals surface area contributed by atoms with Crippen molar-refractivity contribution in [3.05, 3.63) is 46.2 Å². The standard InChI is InChI=1S/C19H25NO3S/c1-22-19-11-14(12-20-15-5-7-16(21)8-6-15)4-9-18(19)23-13-17-3-2-10-24-17/h2-4,9-11,15-16,20-21H,5-8,12-13H2,1H3. The van der Waals surface area contributed by atoms with E-state index in [1.54, 1.807) is 18.4 Å². The van der Waals surface area contributed by atoms with E-state index in [9.17, 15) is 5.11 Å². The number of aliphatic hydroxyl groups is 1. The summed E-state index contributed by atoms with van der Waals surface area (Å²) in [5, 5.41) is 15.2. The van der Waals surface area contributed by atoms with Gasteiger partial charge >= 0.3 is 0 Å². The monoisotopic (exact) mass is 347 g/mol. The van der Waals surface area contributed by atoms with Gasteiger partial charge in [0.15, 0.2) is 11.5 Å². The van der Waals surface area contributed by atoms with Crippen LogP contribution in [0.5, 0.6) is 11.5 Å². The summed E-state index contributed by atoms with van der Waals surface area (Å²) in [6, 6.07) is 10.7. The molecule has 2 aromatic rings. The number of ether oxygens (including phenoxy) is 2. The van der Waals surface area contributed by atoms with Crippen LogP contribution in [0.15, 0.2) is 35.7 Å². The van der Waals surface area contributed by atoms with Crippen molar-refractivity contribution in [2.45, 2.75) is 51.0 Å². The van der Waals surface area contributed by atoms with Crippen molar-refractivity contribution in [1.82, 2.24) is 5.32 Å². The van der Waals surface area contributed by atoms with Crippen LogP contribution in [-0.4, -0.2) is 24.4 Å². The largest absolute Gasteiger partial charge is 0.493 e. The second-order valence-electron chi connectivity index (χ2n) is 6.24. The Bertz CT molecular complexity index is 622. The van der Waals surface area contributed by atoms with Crippen LogP contribution in [-0.2, 0) is 13.2 Å². The van der Waals surface area contributed by atoms with Crippen molar-refractivity contribution >= 4 is 11.3 Å². The highest BCUT2D eigenvalue weighted by molar-refractivity contribution is 7.09. The van der Waals surface area contributed by atoms with Crippen LogP contribution in [0.4, 0.5) is 0 Å². The third-order valence-corrected chi connectivity index (χ3v) is 5.32. The first kappa shape index (κ1) is 17.3. The molecule has 0 bridgehead atoms. The summed E-state index contributed by atoms with van der Waals surface area (Å²) in [6.07, 6.45) is 3.77. The SMILES string of the molecule is COc1cc(CNC2CCC(O)CC2)ccc1OCc1cccs1. The predicted octanol–water partition coefficient (Wildman–Crippen LogP) is 3.73. The Balaban J connectivity index is 1.55. The van der Waals surface area contributed by atoms with Gasteiger partial charge in [0.2, 0.25) is 0 Å². The molecule has 0 unspecified atom stereocenters. The Morgan fingerprint density at radius 1 is 1.17 bits per heavy atom. The Kier molecular flexibility index (Phi) is 6.12. The number of hydrogen-bond donors (Lipinski definition) is 2. The number of aliphatic hydroxyl groups excluding tert-OH is 1. The Hall–Kier alpha value is -1.56. The van der Waals surface area contributed by atoms with Gasteiger partial charge in [0.1, 0.15) is 6.61 Å². The Labute approximate surface area is 147 Å². The lowest BCUT2D eigenvalue weighted by Gasteiger charge is -2.26. The van der Waals surface area contributed by atoms with Gasteiger partial charge in [-0.2, -0.15) is 0 Å². The number of rotatable bonds is 7. The molecule has 0 radical (unpaired) electrons. The predicted molar refractivity (Wildman–Crippen MR) is 96.7 cm³/mol. The summed E-state index contributed by atoms with van der Waals surface area (Å²) in [7, 11) is 1.67. The summed E-state index contributed by atoms with van der Waals surface area (Å²) in [4.78, 5) is 1.20. The minimum Gasteiger partial charge on any atom is -0.493 e. The second-order valence-corrected chi connectivity index (χ2v) is 7.27. The molecule has 3 rings (SSSR count). The number of hydrogen-bond acceptors (Lipinski definition) is 5. The van der Waals surface area contributed by atoms with Gasteiger partial charge < -0.3 is 19.9 Å². The van der Waals surface area contributed by atoms with E-state index in [1.807, 2.05) is 18.2 Å². The van der Waals surface area contributed by atoms with Crippen molar-refractivity contribution < 1.29 is 14.6 Å². The van der Waals surface area contributed by atoms with E-state index in [4.69, 9.17) is 9.47 Å².